The average molecular weight is 191 g/mol. The monoisotopic (exact) mass is 191 g/mol. The summed E-state index contributed by atoms with van der Waals surface area (Å²) in [6, 6.07) is 0. The Balaban J connectivity index is 2.73. The topological polar surface area (TPSA) is 96.7 Å². The molecule has 0 unspecified atom stereocenters. The van der Waals surface area contributed by atoms with E-state index in [1.165, 1.54) is 6.20 Å². The van der Waals surface area contributed by atoms with E-state index < -0.39 is 5.91 Å². The van der Waals surface area contributed by atoms with Crippen LogP contribution in [0.25, 0.3) is 11.0 Å². The van der Waals surface area contributed by atoms with Crippen molar-refractivity contribution in [3.8, 4) is 0 Å². The van der Waals surface area contributed by atoms with Gasteiger partial charge >= 0.3 is 0 Å². The summed E-state index contributed by atoms with van der Waals surface area (Å²) in [5, 5.41) is 2.84. The van der Waals surface area contributed by atoms with Gasteiger partial charge in [-0.1, -0.05) is 0 Å². The molecule has 72 valence electrons. The normalized spacial score (nSPS) is 10.4. The number of hydrogen-bond donors (Lipinski definition) is 3. The van der Waals surface area contributed by atoms with Gasteiger partial charge < -0.3 is 16.0 Å². The molecule has 0 aliphatic rings. The van der Waals surface area contributed by atoms with E-state index >= 15 is 0 Å². The third-order valence-corrected chi connectivity index (χ3v) is 1.90. The molecule has 6 nitrogen and oxygen atoms in total. The predicted molar refractivity (Wildman–Crippen MR) is 52.0 cm³/mol. The summed E-state index contributed by atoms with van der Waals surface area (Å²) in [7, 11) is 1.73. The number of nitrogens with two attached hydrogens (primary N) is 1. The molecular weight excluding hydrogens is 182 g/mol. The average Bonchev–Trinajstić information content (AvgIpc) is 2.59. The fourth-order valence-electron chi connectivity index (χ4n) is 1.23. The predicted octanol–water partition coefficient (Wildman–Crippen LogP) is 0.0985. The van der Waals surface area contributed by atoms with Crippen molar-refractivity contribution in [3.05, 3.63) is 18.0 Å². The van der Waals surface area contributed by atoms with Gasteiger partial charge in [0.15, 0.2) is 0 Å². The fourth-order valence-corrected chi connectivity index (χ4v) is 1.23. The number of carbonyl (C=O) groups is 1. The molecular formula is C8H9N5O. The number of H-pyrrole nitrogens is 1. The highest BCUT2D eigenvalue weighted by atomic mass is 16.1. The zero-order chi connectivity index (χ0) is 10.1. The van der Waals surface area contributed by atoms with Crippen LogP contribution in [0.5, 0.6) is 0 Å². The first kappa shape index (κ1) is 8.49. The van der Waals surface area contributed by atoms with Crippen molar-refractivity contribution >= 4 is 22.9 Å². The number of nitrogens with zero attached hydrogens (tertiary/aromatic N) is 2. The minimum Gasteiger partial charge on any atom is -0.365 e. The van der Waals surface area contributed by atoms with Gasteiger partial charge in [0, 0.05) is 13.2 Å². The van der Waals surface area contributed by atoms with Gasteiger partial charge in [-0.25, -0.2) is 4.98 Å². The van der Waals surface area contributed by atoms with Gasteiger partial charge in [-0.15, -0.1) is 0 Å². The summed E-state index contributed by atoms with van der Waals surface area (Å²) in [6.45, 7) is 0. The van der Waals surface area contributed by atoms with E-state index in [4.69, 9.17) is 5.73 Å². The maximum Gasteiger partial charge on any atom is 0.252 e. The number of pyridine rings is 1. The van der Waals surface area contributed by atoms with E-state index in [2.05, 4.69) is 20.3 Å². The zero-order valence-corrected chi connectivity index (χ0v) is 7.53. The third-order valence-electron chi connectivity index (χ3n) is 1.90. The number of nitrogens with one attached hydrogen (secondary N) is 2. The Hall–Kier alpha value is -2.11. The van der Waals surface area contributed by atoms with Gasteiger partial charge in [-0.05, 0) is 0 Å². The number of hydrogen-bond acceptors (Lipinski definition) is 4. The number of imidazole rings is 1. The van der Waals surface area contributed by atoms with E-state index in [1.807, 2.05) is 0 Å². The molecule has 0 radical (unpaired) electrons. The first-order chi connectivity index (χ1) is 6.72. The number of carbonyl (C=O) groups excluding carboxylic acids is 1. The second-order valence-electron chi connectivity index (χ2n) is 2.78. The van der Waals surface area contributed by atoms with Crippen LogP contribution in [-0.2, 0) is 0 Å². The second kappa shape index (κ2) is 2.99. The minimum atomic E-state index is -0.530. The Labute approximate surface area is 79.5 Å². The van der Waals surface area contributed by atoms with Crippen molar-refractivity contribution in [3.63, 3.8) is 0 Å². The summed E-state index contributed by atoms with van der Waals surface area (Å²) in [5.74, 6) is 0.0488. The molecule has 0 aliphatic heterocycles. The number of fused-ring (bicyclic) bond motifs is 1. The summed E-state index contributed by atoms with van der Waals surface area (Å²) in [5.41, 5.74) is 6.72. The molecule has 0 spiro atoms. The van der Waals surface area contributed by atoms with E-state index in [1.54, 1.807) is 13.2 Å². The van der Waals surface area contributed by atoms with Crippen LogP contribution in [0.2, 0.25) is 0 Å². The standard InChI is InChI=1S/C8H9N5O/c1-10-8-12-5-3-11-2-4(7(9)14)6(5)13-8/h2-3H,1H3,(H2,9,14)(H2,10,12,13). The highest BCUT2D eigenvalue weighted by molar-refractivity contribution is 6.03. The van der Waals surface area contributed by atoms with Gasteiger partial charge in [0.05, 0.1) is 17.3 Å². The Morgan fingerprint density at radius 1 is 1.57 bits per heavy atom. The van der Waals surface area contributed by atoms with E-state index in [9.17, 15) is 4.79 Å². The van der Waals surface area contributed by atoms with Crippen molar-refractivity contribution in [1.29, 1.82) is 0 Å². The third kappa shape index (κ3) is 1.17. The van der Waals surface area contributed by atoms with Crippen LogP contribution < -0.4 is 11.1 Å². The molecule has 2 heterocycles. The first-order valence-corrected chi connectivity index (χ1v) is 4.03. The zero-order valence-electron chi connectivity index (χ0n) is 7.53. The minimum absolute atomic E-state index is 0.320. The molecule has 6 heteroatoms. The lowest BCUT2D eigenvalue weighted by atomic mass is 10.2. The molecule has 2 rings (SSSR count). The lowest BCUT2D eigenvalue weighted by Crippen LogP contribution is -2.11. The van der Waals surface area contributed by atoms with Crippen LogP contribution in [0, 0.1) is 0 Å². The number of primary amides is 1. The number of aromatic amines is 1. The Kier molecular flexibility index (Phi) is 1.81. The molecule has 2 aromatic rings. The number of anilines is 1. The van der Waals surface area contributed by atoms with Crippen molar-refractivity contribution in [2.75, 3.05) is 12.4 Å². The summed E-state index contributed by atoms with van der Waals surface area (Å²) < 4.78 is 0. The molecule has 0 bridgehead atoms. The number of amides is 1. The Bertz CT molecular complexity index is 489. The van der Waals surface area contributed by atoms with E-state index in [0.29, 0.717) is 22.5 Å². The Morgan fingerprint density at radius 2 is 2.36 bits per heavy atom. The fraction of sp³-hybridized carbons (Fsp3) is 0.125. The van der Waals surface area contributed by atoms with Crippen LogP contribution in [0.3, 0.4) is 0 Å². The maximum absolute atomic E-state index is 11.0. The number of aromatic nitrogens is 3. The second-order valence-corrected chi connectivity index (χ2v) is 2.78. The SMILES string of the molecule is CNc1nc2c(C(N)=O)cncc2[nH]1. The highest BCUT2D eigenvalue weighted by Crippen LogP contribution is 2.16. The van der Waals surface area contributed by atoms with Crippen molar-refractivity contribution < 1.29 is 4.79 Å². The van der Waals surface area contributed by atoms with E-state index in [-0.39, 0.29) is 0 Å². The summed E-state index contributed by atoms with van der Waals surface area (Å²) in [6.07, 6.45) is 3.00. The van der Waals surface area contributed by atoms with Crippen LogP contribution in [-0.4, -0.2) is 27.9 Å². The lowest BCUT2D eigenvalue weighted by Gasteiger charge is -1.93. The molecule has 0 saturated carbocycles. The van der Waals surface area contributed by atoms with Gasteiger partial charge in [-0.3, -0.25) is 9.78 Å². The van der Waals surface area contributed by atoms with Gasteiger partial charge in [0.1, 0.15) is 5.52 Å². The molecule has 0 atom stereocenters. The molecule has 0 aromatic carbocycles. The van der Waals surface area contributed by atoms with Gasteiger partial charge in [0.25, 0.3) is 5.91 Å². The summed E-state index contributed by atoms with van der Waals surface area (Å²) >= 11 is 0. The molecule has 0 aliphatic carbocycles. The molecule has 0 saturated heterocycles. The number of rotatable bonds is 2. The van der Waals surface area contributed by atoms with Crippen molar-refractivity contribution in [1.82, 2.24) is 15.0 Å². The van der Waals surface area contributed by atoms with Gasteiger partial charge in [0.2, 0.25) is 5.95 Å². The molecule has 14 heavy (non-hydrogen) atoms. The smallest absolute Gasteiger partial charge is 0.252 e. The molecule has 2 aromatic heterocycles. The van der Waals surface area contributed by atoms with Crippen LogP contribution in [0.1, 0.15) is 10.4 Å². The maximum atomic E-state index is 11.0. The van der Waals surface area contributed by atoms with Gasteiger partial charge in [-0.2, -0.15) is 0 Å². The quantitative estimate of drug-likeness (QED) is 0.627. The van der Waals surface area contributed by atoms with E-state index in [0.717, 1.165) is 0 Å². The Morgan fingerprint density at radius 3 is 3.00 bits per heavy atom. The summed E-state index contributed by atoms with van der Waals surface area (Å²) in [4.78, 5) is 22.0. The van der Waals surface area contributed by atoms with Crippen LogP contribution in [0.15, 0.2) is 12.4 Å². The largest absolute Gasteiger partial charge is 0.365 e. The first-order valence-electron chi connectivity index (χ1n) is 4.03. The molecule has 4 N–H and O–H groups in total. The van der Waals surface area contributed by atoms with Crippen molar-refractivity contribution in [2.24, 2.45) is 5.73 Å². The van der Waals surface area contributed by atoms with Crippen LogP contribution in [0.4, 0.5) is 5.95 Å². The van der Waals surface area contributed by atoms with Crippen LogP contribution >= 0.6 is 0 Å². The highest BCUT2D eigenvalue weighted by Gasteiger charge is 2.10. The lowest BCUT2D eigenvalue weighted by molar-refractivity contribution is 0.100. The van der Waals surface area contributed by atoms with Crippen molar-refractivity contribution in [2.45, 2.75) is 0 Å². The molecule has 0 fully saturated rings. The molecule has 1 amide bonds.